The molecule has 0 N–H and O–H groups in total. The Hall–Kier alpha value is -2.23. The third kappa shape index (κ3) is 3.26. The highest BCUT2D eigenvalue weighted by Gasteiger charge is 2.48. The summed E-state index contributed by atoms with van der Waals surface area (Å²) in [7, 11) is 0. The van der Waals surface area contributed by atoms with Crippen LogP contribution in [0.2, 0.25) is 4.34 Å². The van der Waals surface area contributed by atoms with Gasteiger partial charge in [0.15, 0.2) is 5.78 Å². The molecule has 4 rings (SSSR count). The molecule has 1 heterocycles. The molecule has 0 amide bonds. The van der Waals surface area contributed by atoms with Crippen LogP contribution in [0.4, 0.5) is 0 Å². The smallest absolute Gasteiger partial charge is 0.161 e. The van der Waals surface area contributed by atoms with Crippen molar-refractivity contribution in [3.8, 4) is 21.6 Å². The molecule has 27 heavy (non-hydrogen) atoms. The Kier molecular flexibility index (Phi) is 4.53. The number of thiophene rings is 1. The van der Waals surface area contributed by atoms with Gasteiger partial charge in [-0.2, -0.15) is 0 Å². The molecule has 1 aliphatic rings. The number of carbonyl (C=O) groups excluding carboxylic acids is 2. The Balaban J connectivity index is 1.62. The molecule has 136 valence electrons. The summed E-state index contributed by atoms with van der Waals surface area (Å²) in [5.74, 6) is 0.280. The number of ketones is 2. The number of benzene rings is 2. The second-order valence-electron chi connectivity index (χ2n) is 7.14. The first kappa shape index (κ1) is 18.1. The number of carbonyl (C=O) groups is 2. The fraction of sp³-hybridized carbons (Fsp3) is 0.217. The second kappa shape index (κ2) is 6.74. The van der Waals surface area contributed by atoms with Crippen molar-refractivity contribution in [2.45, 2.75) is 32.1 Å². The van der Waals surface area contributed by atoms with Gasteiger partial charge in [0.05, 0.1) is 9.75 Å². The van der Waals surface area contributed by atoms with Crippen LogP contribution in [-0.2, 0) is 10.2 Å². The Labute approximate surface area is 167 Å². The van der Waals surface area contributed by atoms with Gasteiger partial charge in [-0.05, 0) is 55.0 Å². The van der Waals surface area contributed by atoms with Crippen LogP contribution in [0.1, 0.15) is 42.6 Å². The van der Waals surface area contributed by atoms with Gasteiger partial charge in [0.2, 0.25) is 0 Å². The maximum atomic E-state index is 11.9. The molecule has 2 aromatic carbocycles. The molecule has 0 aliphatic heterocycles. The van der Waals surface area contributed by atoms with Crippen molar-refractivity contribution in [1.82, 2.24) is 0 Å². The maximum Gasteiger partial charge on any atom is 0.161 e. The van der Waals surface area contributed by atoms with E-state index >= 15 is 0 Å². The lowest BCUT2D eigenvalue weighted by Gasteiger charge is -2.12. The van der Waals surface area contributed by atoms with Crippen molar-refractivity contribution < 1.29 is 9.59 Å². The molecule has 0 bridgehead atoms. The zero-order chi connectivity index (χ0) is 19.2. The van der Waals surface area contributed by atoms with Crippen LogP contribution in [-0.4, -0.2) is 11.6 Å². The summed E-state index contributed by atoms with van der Waals surface area (Å²) in [6.45, 7) is 3.25. The van der Waals surface area contributed by atoms with Crippen molar-refractivity contribution >= 4 is 34.5 Å². The predicted molar refractivity (Wildman–Crippen MR) is 112 cm³/mol. The Morgan fingerprint density at radius 3 is 1.89 bits per heavy atom. The van der Waals surface area contributed by atoms with Crippen LogP contribution < -0.4 is 0 Å². The lowest BCUT2D eigenvalue weighted by atomic mass is 9.90. The molecule has 3 aromatic rings. The molecule has 2 nitrogen and oxygen atoms in total. The predicted octanol–water partition coefficient (Wildman–Crippen LogP) is 6.56. The van der Waals surface area contributed by atoms with Crippen LogP contribution >= 0.6 is 22.9 Å². The van der Waals surface area contributed by atoms with Gasteiger partial charge in [-0.15, -0.1) is 11.3 Å². The van der Waals surface area contributed by atoms with Crippen LogP contribution in [0.3, 0.4) is 0 Å². The average Bonchev–Trinajstić information content (AvgIpc) is 3.39. The number of halogens is 1. The van der Waals surface area contributed by atoms with Gasteiger partial charge in [0.1, 0.15) is 5.78 Å². The molecule has 1 fully saturated rings. The molecular weight excluding hydrogens is 376 g/mol. The highest BCUT2D eigenvalue weighted by molar-refractivity contribution is 7.19. The van der Waals surface area contributed by atoms with E-state index in [1.807, 2.05) is 12.1 Å². The molecular formula is C23H19ClO2S. The number of hydrogen-bond acceptors (Lipinski definition) is 3. The largest absolute Gasteiger partial charge is 0.299 e. The normalized spacial score (nSPS) is 14.8. The molecule has 1 aliphatic carbocycles. The van der Waals surface area contributed by atoms with Crippen molar-refractivity contribution in [1.29, 1.82) is 0 Å². The molecule has 4 heteroatoms. The first-order chi connectivity index (χ1) is 12.9. The Morgan fingerprint density at radius 1 is 0.889 bits per heavy atom. The summed E-state index contributed by atoms with van der Waals surface area (Å²) >= 11 is 7.53. The zero-order valence-corrected chi connectivity index (χ0v) is 16.8. The van der Waals surface area contributed by atoms with E-state index in [4.69, 9.17) is 11.6 Å². The standard InChI is InChI=1S/C23H19ClO2S/c1-14(25)20-13-21(24)27-22(20)18-5-3-16(4-6-18)17-7-9-19(10-8-17)23(11-12-23)15(2)26/h3-10,13H,11-12H2,1-2H3. The third-order valence-corrected chi connectivity index (χ3v) is 6.74. The second-order valence-corrected chi connectivity index (χ2v) is 8.83. The zero-order valence-electron chi connectivity index (χ0n) is 15.2. The lowest BCUT2D eigenvalue weighted by molar-refractivity contribution is -0.119. The van der Waals surface area contributed by atoms with Gasteiger partial charge in [0.25, 0.3) is 0 Å². The molecule has 0 unspecified atom stereocenters. The van der Waals surface area contributed by atoms with E-state index in [-0.39, 0.29) is 17.0 Å². The van der Waals surface area contributed by atoms with E-state index in [2.05, 4.69) is 36.4 Å². The number of Topliss-reactive ketones (excluding diaryl/α,β-unsaturated/α-hetero) is 2. The van der Waals surface area contributed by atoms with E-state index in [1.165, 1.54) is 11.3 Å². The maximum absolute atomic E-state index is 11.9. The van der Waals surface area contributed by atoms with Crippen LogP contribution in [0.5, 0.6) is 0 Å². The number of rotatable bonds is 5. The van der Waals surface area contributed by atoms with Gasteiger partial charge in [0, 0.05) is 10.4 Å². The number of hydrogen-bond donors (Lipinski definition) is 0. The monoisotopic (exact) mass is 394 g/mol. The van der Waals surface area contributed by atoms with Gasteiger partial charge >= 0.3 is 0 Å². The Morgan fingerprint density at radius 2 is 1.41 bits per heavy atom. The lowest BCUT2D eigenvalue weighted by Crippen LogP contribution is -2.16. The topological polar surface area (TPSA) is 34.1 Å². The van der Waals surface area contributed by atoms with Gasteiger partial charge in [-0.3, -0.25) is 9.59 Å². The summed E-state index contributed by atoms with van der Waals surface area (Å²) < 4.78 is 0.620. The van der Waals surface area contributed by atoms with Gasteiger partial charge in [-0.1, -0.05) is 60.1 Å². The van der Waals surface area contributed by atoms with Crippen LogP contribution in [0.15, 0.2) is 54.6 Å². The average molecular weight is 395 g/mol. The highest BCUT2D eigenvalue weighted by atomic mass is 35.5. The first-order valence-electron chi connectivity index (χ1n) is 8.93. The molecule has 1 saturated carbocycles. The quantitative estimate of drug-likeness (QED) is 0.459. The van der Waals surface area contributed by atoms with Crippen molar-refractivity contribution in [3.63, 3.8) is 0 Å². The molecule has 1 aromatic heterocycles. The third-order valence-electron chi connectivity index (χ3n) is 5.42. The minimum Gasteiger partial charge on any atom is -0.299 e. The van der Waals surface area contributed by atoms with Crippen LogP contribution in [0.25, 0.3) is 21.6 Å². The summed E-state index contributed by atoms with van der Waals surface area (Å²) in [5.41, 5.74) is 4.76. The van der Waals surface area contributed by atoms with E-state index in [9.17, 15) is 9.59 Å². The fourth-order valence-electron chi connectivity index (χ4n) is 3.60. The molecule has 0 radical (unpaired) electrons. The molecule has 0 spiro atoms. The minimum atomic E-state index is -0.232. The summed E-state index contributed by atoms with van der Waals surface area (Å²) in [5, 5.41) is 0. The first-order valence-corrected chi connectivity index (χ1v) is 10.1. The van der Waals surface area contributed by atoms with E-state index in [0.29, 0.717) is 9.90 Å². The van der Waals surface area contributed by atoms with Crippen molar-refractivity contribution in [2.75, 3.05) is 0 Å². The summed E-state index contributed by atoms with van der Waals surface area (Å²) in [6, 6.07) is 18.2. The van der Waals surface area contributed by atoms with E-state index < -0.39 is 0 Å². The fourth-order valence-corrected chi connectivity index (χ4v) is 4.88. The van der Waals surface area contributed by atoms with Crippen molar-refractivity contribution in [2.24, 2.45) is 0 Å². The van der Waals surface area contributed by atoms with Gasteiger partial charge in [-0.25, -0.2) is 0 Å². The Bertz CT molecular complexity index is 1030. The summed E-state index contributed by atoms with van der Waals surface area (Å²) in [4.78, 5) is 24.6. The van der Waals surface area contributed by atoms with E-state index in [0.717, 1.165) is 40.0 Å². The molecule has 0 saturated heterocycles. The minimum absolute atomic E-state index is 0.0206. The van der Waals surface area contributed by atoms with Crippen LogP contribution in [0, 0.1) is 0 Å². The molecule has 0 atom stereocenters. The highest BCUT2D eigenvalue weighted by Crippen LogP contribution is 2.49. The van der Waals surface area contributed by atoms with Crippen molar-refractivity contribution in [3.05, 3.63) is 70.1 Å². The SMILES string of the molecule is CC(=O)c1cc(Cl)sc1-c1ccc(-c2ccc(C3(C(C)=O)CC3)cc2)cc1. The van der Waals surface area contributed by atoms with Gasteiger partial charge < -0.3 is 0 Å². The summed E-state index contributed by atoms with van der Waals surface area (Å²) in [6.07, 6.45) is 1.91. The van der Waals surface area contributed by atoms with E-state index in [1.54, 1.807) is 19.9 Å².